The van der Waals surface area contributed by atoms with Crippen LogP contribution in [0.1, 0.15) is 115 Å². The maximum atomic E-state index is 11.5. The fourth-order valence-electron chi connectivity index (χ4n) is 13.1. The highest BCUT2D eigenvalue weighted by Gasteiger charge is 2.70. The number of benzene rings is 1. The summed E-state index contributed by atoms with van der Waals surface area (Å²) in [5.74, 6) is 2.91. The van der Waals surface area contributed by atoms with Crippen LogP contribution in [0.15, 0.2) is 42.5 Å². The van der Waals surface area contributed by atoms with E-state index in [1.54, 1.807) is 12.1 Å². The molecule has 1 aromatic rings. The maximum absolute atomic E-state index is 11.5. The van der Waals surface area contributed by atoms with E-state index in [4.69, 9.17) is 0 Å². The second-order valence-electron chi connectivity index (χ2n) is 17.3. The Morgan fingerprint density at radius 2 is 1.62 bits per heavy atom. The molecule has 1 aliphatic heterocycles. The fraction of sp³-hybridized carbons (Fsp3) is 0.718. The predicted octanol–water partition coefficient (Wildman–Crippen LogP) is 9.35. The fourth-order valence-corrected chi connectivity index (χ4v) is 13.1. The van der Waals surface area contributed by atoms with E-state index in [0.29, 0.717) is 39.1 Å². The van der Waals surface area contributed by atoms with Crippen molar-refractivity contribution < 1.29 is 9.90 Å². The second kappa shape index (κ2) is 9.32. The summed E-state index contributed by atoms with van der Waals surface area (Å²) in [7, 11) is 0. The van der Waals surface area contributed by atoms with Crippen molar-refractivity contribution in [1.82, 2.24) is 4.90 Å². The molecule has 1 saturated heterocycles. The zero-order valence-corrected chi connectivity index (χ0v) is 27.3. The molecule has 0 amide bonds. The average molecular weight is 570 g/mol. The van der Waals surface area contributed by atoms with E-state index < -0.39 is 5.97 Å². The first-order chi connectivity index (χ1) is 19.8. The summed E-state index contributed by atoms with van der Waals surface area (Å²) in [6.45, 7) is 24.1. The first-order valence-electron chi connectivity index (χ1n) is 17.2. The third-order valence-corrected chi connectivity index (χ3v) is 15.3. The number of carboxylic acids is 1. The van der Waals surface area contributed by atoms with Crippen molar-refractivity contribution >= 4 is 11.5 Å². The number of carboxylic acid groups (broad SMARTS) is 1. The van der Waals surface area contributed by atoms with Gasteiger partial charge in [0.15, 0.2) is 0 Å². The van der Waals surface area contributed by atoms with Crippen LogP contribution in [-0.2, 0) is 0 Å². The van der Waals surface area contributed by atoms with Gasteiger partial charge in [-0.05, 0) is 145 Å². The Morgan fingerprint density at radius 1 is 0.905 bits per heavy atom. The Hall–Kier alpha value is -1.87. The summed E-state index contributed by atoms with van der Waals surface area (Å²) in [6.07, 6.45) is 14.8. The molecule has 6 aliphatic rings. The minimum absolute atomic E-state index is 0.0632. The van der Waals surface area contributed by atoms with Crippen molar-refractivity contribution in [2.45, 2.75) is 99.3 Å². The Balaban J connectivity index is 1.23. The third-order valence-electron chi connectivity index (χ3n) is 15.3. The van der Waals surface area contributed by atoms with E-state index in [0.717, 1.165) is 24.2 Å². The molecule has 1 aromatic carbocycles. The summed E-state index contributed by atoms with van der Waals surface area (Å²) in [4.78, 5) is 14.2. The topological polar surface area (TPSA) is 40.3 Å². The maximum Gasteiger partial charge on any atom is 0.335 e. The number of carbonyl (C=O) groups is 1. The summed E-state index contributed by atoms with van der Waals surface area (Å²) < 4.78 is 0. The molecule has 0 bridgehead atoms. The molecule has 1 N–H and O–H groups in total. The predicted molar refractivity (Wildman–Crippen MR) is 172 cm³/mol. The summed E-state index contributed by atoms with van der Waals surface area (Å²) in [5, 5.41) is 9.44. The summed E-state index contributed by atoms with van der Waals surface area (Å²) in [6, 6.07) is 7.66. The van der Waals surface area contributed by atoms with Crippen molar-refractivity contribution in [3.05, 3.63) is 53.6 Å². The molecule has 228 valence electrons. The van der Waals surface area contributed by atoms with Gasteiger partial charge in [-0.1, -0.05) is 65.0 Å². The summed E-state index contributed by atoms with van der Waals surface area (Å²) >= 11 is 0. The first kappa shape index (κ1) is 28.9. The van der Waals surface area contributed by atoms with Crippen LogP contribution in [0.25, 0.3) is 5.57 Å². The number of rotatable bonds is 5. The average Bonchev–Trinajstić information content (AvgIpc) is 3.65. The highest BCUT2D eigenvalue weighted by molar-refractivity contribution is 5.88. The molecule has 42 heavy (non-hydrogen) atoms. The molecular formula is C39H55NO2. The lowest BCUT2D eigenvalue weighted by Gasteiger charge is -2.72. The van der Waals surface area contributed by atoms with Gasteiger partial charge in [0.25, 0.3) is 0 Å². The second-order valence-corrected chi connectivity index (χ2v) is 17.3. The molecule has 7 rings (SSSR count). The van der Waals surface area contributed by atoms with Crippen molar-refractivity contribution in [2.75, 3.05) is 19.6 Å². The Labute approximate surface area is 255 Å². The highest BCUT2D eigenvalue weighted by atomic mass is 16.4. The zero-order valence-electron chi connectivity index (χ0n) is 27.3. The number of nitrogens with zero attached hydrogens (tertiary/aromatic N) is 1. The standard InChI is InChI=1S/C39H55NO2/c1-25(2)28-14-19-39(24-40-22-23-40)21-20-37(6)30(33(28)39)12-13-32-36(5)17-15-29(26-8-10-27(11-9-26)34(41)42)35(3,4)31(36)16-18-38(32,37)7/h8-11,15,28,30-33H,1,12-14,16-24H2,2-7H3,(H,41,42)/t28-,30+,31-,32+,33+,36-,37+,38+,39+/m0/s1. The monoisotopic (exact) mass is 569 g/mol. The number of hydrogen-bond donors (Lipinski definition) is 1. The van der Waals surface area contributed by atoms with Crippen LogP contribution in [0.2, 0.25) is 0 Å². The van der Waals surface area contributed by atoms with E-state index in [1.807, 2.05) is 12.1 Å². The van der Waals surface area contributed by atoms with Gasteiger partial charge in [0, 0.05) is 19.6 Å². The minimum atomic E-state index is -0.848. The van der Waals surface area contributed by atoms with Crippen LogP contribution in [0.4, 0.5) is 0 Å². The van der Waals surface area contributed by atoms with Crippen LogP contribution < -0.4 is 0 Å². The molecule has 1 heterocycles. The molecule has 0 radical (unpaired) electrons. The van der Waals surface area contributed by atoms with Crippen molar-refractivity contribution in [1.29, 1.82) is 0 Å². The molecule has 4 saturated carbocycles. The smallest absolute Gasteiger partial charge is 0.335 e. The Kier molecular flexibility index (Phi) is 6.41. The molecule has 0 unspecified atom stereocenters. The molecule has 0 spiro atoms. The van der Waals surface area contributed by atoms with Gasteiger partial charge in [0.05, 0.1) is 5.56 Å². The quantitative estimate of drug-likeness (QED) is 0.284. The number of hydrogen-bond acceptors (Lipinski definition) is 2. The number of fused-ring (bicyclic) bond motifs is 7. The van der Waals surface area contributed by atoms with Crippen molar-refractivity contribution in [2.24, 2.45) is 56.7 Å². The lowest BCUT2D eigenvalue weighted by Crippen LogP contribution is -2.65. The van der Waals surface area contributed by atoms with E-state index in [2.05, 4.69) is 59.1 Å². The van der Waals surface area contributed by atoms with Gasteiger partial charge in [-0.2, -0.15) is 0 Å². The number of allylic oxidation sites excluding steroid dienone is 3. The molecule has 3 heteroatoms. The van der Waals surface area contributed by atoms with Crippen molar-refractivity contribution in [3.8, 4) is 0 Å². The van der Waals surface area contributed by atoms with Gasteiger partial charge < -0.3 is 10.0 Å². The summed E-state index contributed by atoms with van der Waals surface area (Å²) in [5.41, 5.74) is 6.13. The third kappa shape index (κ3) is 3.83. The van der Waals surface area contributed by atoms with Crippen molar-refractivity contribution in [3.63, 3.8) is 0 Å². The Bertz CT molecular complexity index is 1320. The van der Waals surface area contributed by atoms with E-state index in [1.165, 1.54) is 87.7 Å². The van der Waals surface area contributed by atoms with E-state index in [9.17, 15) is 9.90 Å². The SMILES string of the molecule is C=C(C)[C@@H]1CC[C@]2(CN3CC3)CC[C@]3(C)[C@H](CC[C@@H]4[C@@]5(C)CC=C(c6ccc(C(=O)O)cc6)C(C)(C)[C@@H]5CC[C@]43C)[C@@H]12. The van der Waals surface area contributed by atoms with Crippen LogP contribution in [0.3, 0.4) is 0 Å². The molecule has 0 aromatic heterocycles. The molecule has 5 fully saturated rings. The molecule has 3 nitrogen and oxygen atoms in total. The van der Waals surface area contributed by atoms with Gasteiger partial charge in [-0.15, -0.1) is 0 Å². The van der Waals surface area contributed by atoms with Gasteiger partial charge >= 0.3 is 5.97 Å². The zero-order chi connectivity index (χ0) is 29.9. The Morgan fingerprint density at radius 3 is 2.26 bits per heavy atom. The molecular weight excluding hydrogens is 514 g/mol. The van der Waals surface area contributed by atoms with Gasteiger partial charge in [0.1, 0.15) is 0 Å². The first-order valence-corrected chi connectivity index (χ1v) is 17.2. The van der Waals surface area contributed by atoms with Crippen LogP contribution >= 0.6 is 0 Å². The van der Waals surface area contributed by atoms with Gasteiger partial charge in [-0.25, -0.2) is 4.79 Å². The van der Waals surface area contributed by atoms with E-state index >= 15 is 0 Å². The van der Waals surface area contributed by atoms with E-state index in [-0.39, 0.29) is 5.41 Å². The number of aromatic carboxylic acids is 1. The van der Waals surface area contributed by atoms with Gasteiger partial charge in [0.2, 0.25) is 0 Å². The lowest BCUT2D eigenvalue weighted by molar-refractivity contribution is -0.225. The largest absolute Gasteiger partial charge is 0.478 e. The highest BCUT2D eigenvalue weighted by Crippen LogP contribution is 2.77. The lowest BCUT2D eigenvalue weighted by atomic mass is 9.32. The molecule has 5 aliphatic carbocycles. The normalized spacial score (nSPS) is 45.6. The van der Waals surface area contributed by atoms with Gasteiger partial charge in [-0.3, -0.25) is 0 Å². The van der Waals surface area contributed by atoms with Crippen LogP contribution in [-0.4, -0.2) is 35.6 Å². The minimum Gasteiger partial charge on any atom is -0.478 e. The molecule has 9 atom stereocenters. The van der Waals surface area contributed by atoms with Crippen LogP contribution in [0, 0.1) is 56.7 Å². The van der Waals surface area contributed by atoms with Crippen LogP contribution in [0.5, 0.6) is 0 Å².